The number of pyridine rings is 1. The highest BCUT2D eigenvalue weighted by atomic mass is 14.6. The molecule has 2 nitrogen and oxygen atoms in total. The van der Waals surface area contributed by atoms with Gasteiger partial charge in [0.2, 0.25) is 0 Å². The predicted octanol–water partition coefficient (Wildman–Crippen LogP) is 1.17. The van der Waals surface area contributed by atoms with Crippen LogP contribution in [0, 0.1) is 11.8 Å². The van der Waals surface area contributed by atoms with Crippen LogP contribution in [0.5, 0.6) is 0 Å². The molecule has 0 spiro atoms. The summed E-state index contributed by atoms with van der Waals surface area (Å²) in [5.41, 5.74) is 6.15. The van der Waals surface area contributed by atoms with Crippen molar-refractivity contribution in [3.05, 3.63) is 30.1 Å². The molecule has 1 aromatic heterocycles. The first-order chi connectivity index (χ1) is 5.93. The van der Waals surface area contributed by atoms with Crippen LogP contribution in [0.4, 0.5) is 0 Å². The number of unbranched alkanes of at least 4 members (excludes halogenated alkanes) is 1. The van der Waals surface area contributed by atoms with Gasteiger partial charge in [0.15, 0.2) is 0 Å². The van der Waals surface area contributed by atoms with Crippen molar-refractivity contribution in [3.8, 4) is 11.8 Å². The van der Waals surface area contributed by atoms with E-state index in [9.17, 15) is 0 Å². The first-order valence-corrected chi connectivity index (χ1v) is 4.03. The highest BCUT2D eigenvalue weighted by molar-refractivity contribution is 5.26. The summed E-state index contributed by atoms with van der Waals surface area (Å²) in [7, 11) is 0. The molecule has 2 heteroatoms. The van der Waals surface area contributed by atoms with E-state index in [1.54, 1.807) is 6.20 Å². The predicted molar refractivity (Wildman–Crippen MR) is 49.4 cm³/mol. The summed E-state index contributed by atoms with van der Waals surface area (Å²) in [5.74, 6) is 5.97. The molecule has 0 aliphatic rings. The van der Waals surface area contributed by atoms with Gasteiger partial charge in [0.25, 0.3) is 0 Å². The fourth-order valence-electron chi connectivity index (χ4n) is 0.780. The maximum atomic E-state index is 5.32. The number of nitrogens with zero attached hydrogens (tertiary/aromatic N) is 1. The van der Waals surface area contributed by atoms with E-state index in [1.165, 1.54) is 0 Å². The SMILES string of the molecule is NCCCC#Cc1ccccn1. The second-order valence-electron chi connectivity index (χ2n) is 2.41. The van der Waals surface area contributed by atoms with E-state index < -0.39 is 0 Å². The molecule has 0 aliphatic carbocycles. The molecule has 0 amide bonds. The second kappa shape index (κ2) is 5.34. The number of hydrogen-bond donors (Lipinski definition) is 1. The van der Waals surface area contributed by atoms with Crippen molar-refractivity contribution in [2.24, 2.45) is 5.73 Å². The van der Waals surface area contributed by atoms with Crippen LogP contribution in [0.25, 0.3) is 0 Å². The van der Waals surface area contributed by atoms with Crippen LogP contribution in [0.2, 0.25) is 0 Å². The van der Waals surface area contributed by atoms with Gasteiger partial charge >= 0.3 is 0 Å². The summed E-state index contributed by atoms with van der Waals surface area (Å²) in [5, 5.41) is 0. The quantitative estimate of drug-likeness (QED) is 0.521. The van der Waals surface area contributed by atoms with E-state index in [4.69, 9.17) is 5.73 Å². The minimum Gasteiger partial charge on any atom is -0.330 e. The van der Waals surface area contributed by atoms with E-state index in [2.05, 4.69) is 16.8 Å². The van der Waals surface area contributed by atoms with Crippen LogP contribution >= 0.6 is 0 Å². The molecule has 0 saturated carbocycles. The topological polar surface area (TPSA) is 38.9 Å². The first kappa shape index (κ1) is 8.76. The monoisotopic (exact) mass is 160 g/mol. The Hall–Kier alpha value is -1.33. The minimum atomic E-state index is 0.705. The van der Waals surface area contributed by atoms with Crippen LogP contribution in [0.15, 0.2) is 24.4 Å². The number of rotatable bonds is 2. The van der Waals surface area contributed by atoms with Crippen LogP contribution in [0.1, 0.15) is 18.5 Å². The number of hydrogen-bond acceptors (Lipinski definition) is 2. The summed E-state index contributed by atoms with van der Waals surface area (Å²) in [6.07, 6.45) is 3.56. The fourth-order valence-corrected chi connectivity index (χ4v) is 0.780. The Kier molecular flexibility index (Phi) is 3.90. The average Bonchev–Trinajstić information content (AvgIpc) is 2.14. The third kappa shape index (κ3) is 3.18. The van der Waals surface area contributed by atoms with Crippen molar-refractivity contribution in [2.75, 3.05) is 6.54 Å². The van der Waals surface area contributed by atoms with Crippen LogP contribution in [0.3, 0.4) is 0 Å². The molecule has 0 bridgehead atoms. The van der Waals surface area contributed by atoms with Gasteiger partial charge in [-0.2, -0.15) is 0 Å². The summed E-state index contributed by atoms with van der Waals surface area (Å²) < 4.78 is 0. The van der Waals surface area contributed by atoms with Crippen molar-refractivity contribution < 1.29 is 0 Å². The molecule has 0 atom stereocenters. The molecule has 1 rings (SSSR count). The molecule has 0 aliphatic heterocycles. The fraction of sp³-hybridized carbons (Fsp3) is 0.300. The second-order valence-corrected chi connectivity index (χ2v) is 2.41. The third-order valence-electron chi connectivity index (χ3n) is 1.39. The first-order valence-electron chi connectivity index (χ1n) is 4.03. The zero-order valence-electron chi connectivity index (χ0n) is 6.96. The molecule has 0 radical (unpaired) electrons. The van der Waals surface area contributed by atoms with Gasteiger partial charge in [-0.25, -0.2) is 4.98 Å². The van der Waals surface area contributed by atoms with Crippen molar-refractivity contribution in [2.45, 2.75) is 12.8 Å². The Labute approximate surface area is 72.8 Å². The van der Waals surface area contributed by atoms with E-state index in [1.807, 2.05) is 18.2 Å². The Bertz CT molecular complexity index is 269. The Morgan fingerprint density at radius 2 is 2.33 bits per heavy atom. The normalized spacial score (nSPS) is 8.75. The van der Waals surface area contributed by atoms with Crippen LogP contribution < -0.4 is 5.73 Å². The molecule has 0 fully saturated rings. The van der Waals surface area contributed by atoms with Gasteiger partial charge < -0.3 is 5.73 Å². The van der Waals surface area contributed by atoms with Crippen molar-refractivity contribution >= 4 is 0 Å². The highest BCUT2D eigenvalue weighted by Crippen LogP contribution is 1.90. The molecular formula is C10H12N2. The molecular weight excluding hydrogens is 148 g/mol. The van der Waals surface area contributed by atoms with Crippen LogP contribution in [-0.2, 0) is 0 Å². The highest BCUT2D eigenvalue weighted by Gasteiger charge is 1.82. The molecule has 62 valence electrons. The molecule has 0 saturated heterocycles. The maximum absolute atomic E-state index is 5.32. The standard InChI is InChI=1S/C10H12N2/c11-8-4-1-2-6-10-7-3-5-9-12-10/h3,5,7,9H,1,4,8,11H2. The zero-order chi connectivity index (χ0) is 8.65. The zero-order valence-corrected chi connectivity index (χ0v) is 6.96. The van der Waals surface area contributed by atoms with Gasteiger partial charge in [0.1, 0.15) is 5.69 Å². The van der Waals surface area contributed by atoms with Gasteiger partial charge in [-0.3, -0.25) is 0 Å². The van der Waals surface area contributed by atoms with E-state index in [-0.39, 0.29) is 0 Å². The smallest absolute Gasteiger partial charge is 0.113 e. The summed E-state index contributed by atoms with van der Waals surface area (Å²) in [4.78, 5) is 4.07. The van der Waals surface area contributed by atoms with Crippen molar-refractivity contribution in [1.82, 2.24) is 4.98 Å². The lowest BCUT2D eigenvalue weighted by Gasteiger charge is -1.86. The van der Waals surface area contributed by atoms with Gasteiger partial charge in [0, 0.05) is 12.6 Å². The Balaban J connectivity index is 2.44. The number of nitrogens with two attached hydrogens (primary N) is 1. The lowest BCUT2D eigenvalue weighted by molar-refractivity contribution is 0.870. The van der Waals surface area contributed by atoms with Gasteiger partial charge in [-0.15, -0.1) is 0 Å². The van der Waals surface area contributed by atoms with Crippen molar-refractivity contribution in [1.29, 1.82) is 0 Å². The maximum Gasteiger partial charge on any atom is 0.113 e. The average molecular weight is 160 g/mol. The van der Waals surface area contributed by atoms with Gasteiger partial charge in [-0.1, -0.05) is 12.0 Å². The van der Waals surface area contributed by atoms with E-state index >= 15 is 0 Å². The lowest BCUT2D eigenvalue weighted by atomic mass is 10.3. The summed E-state index contributed by atoms with van der Waals surface area (Å²) in [6, 6.07) is 5.71. The Morgan fingerprint density at radius 1 is 1.42 bits per heavy atom. The molecule has 0 aromatic carbocycles. The number of aromatic nitrogens is 1. The van der Waals surface area contributed by atoms with E-state index in [0.717, 1.165) is 18.5 Å². The molecule has 1 heterocycles. The van der Waals surface area contributed by atoms with Crippen LogP contribution in [-0.4, -0.2) is 11.5 Å². The summed E-state index contributed by atoms with van der Waals surface area (Å²) in [6.45, 7) is 0.705. The molecule has 0 unspecified atom stereocenters. The van der Waals surface area contributed by atoms with Gasteiger partial charge in [-0.05, 0) is 31.0 Å². The largest absolute Gasteiger partial charge is 0.330 e. The third-order valence-corrected chi connectivity index (χ3v) is 1.39. The molecule has 12 heavy (non-hydrogen) atoms. The Morgan fingerprint density at radius 3 is 3.00 bits per heavy atom. The van der Waals surface area contributed by atoms with E-state index in [0.29, 0.717) is 6.54 Å². The van der Waals surface area contributed by atoms with Crippen molar-refractivity contribution in [3.63, 3.8) is 0 Å². The molecule has 2 N–H and O–H groups in total. The summed E-state index contributed by atoms with van der Waals surface area (Å²) >= 11 is 0. The minimum absolute atomic E-state index is 0.705. The lowest BCUT2D eigenvalue weighted by Crippen LogP contribution is -1.96. The molecule has 1 aromatic rings. The van der Waals surface area contributed by atoms with Gasteiger partial charge in [0.05, 0.1) is 0 Å².